The van der Waals surface area contributed by atoms with Crippen molar-refractivity contribution in [2.24, 2.45) is 5.92 Å². The molecule has 2 amide bonds. The molecule has 1 unspecified atom stereocenters. The summed E-state index contributed by atoms with van der Waals surface area (Å²) in [7, 11) is 0. The molecule has 0 spiro atoms. The monoisotopic (exact) mass is 474 g/mol. The predicted octanol–water partition coefficient (Wildman–Crippen LogP) is 5.20. The standard InChI is InChI=1S/C27H26N2O4S/c1-18(2)16-20(28-26(31)19-10-4-3-5-11-19)27(32)33-17-25(30)29-21-12-6-8-14-23(21)34-24-15-9-7-13-22(24)29/h3-15,18,20H,16-17H2,1-2H3,(H,28,31). The maximum Gasteiger partial charge on any atom is 0.329 e. The first kappa shape index (κ1) is 23.6. The van der Waals surface area contributed by atoms with E-state index in [1.54, 1.807) is 40.9 Å². The van der Waals surface area contributed by atoms with Gasteiger partial charge >= 0.3 is 5.97 Å². The number of carbonyl (C=O) groups excluding carboxylic acids is 3. The Labute approximate surface area is 203 Å². The number of hydrogen-bond donors (Lipinski definition) is 1. The second kappa shape index (κ2) is 10.6. The van der Waals surface area contributed by atoms with Crippen LogP contribution in [-0.4, -0.2) is 30.4 Å². The molecule has 0 radical (unpaired) electrons. The molecule has 0 aliphatic carbocycles. The van der Waals surface area contributed by atoms with Gasteiger partial charge in [-0.05, 0) is 48.7 Å². The third-order valence-corrected chi connectivity index (χ3v) is 6.48. The fraction of sp³-hybridized carbons (Fsp3) is 0.222. The summed E-state index contributed by atoms with van der Waals surface area (Å²) in [5.74, 6) is -1.20. The molecule has 3 aromatic rings. The first-order valence-electron chi connectivity index (χ1n) is 11.2. The number of carbonyl (C=O) groups is 3. The summed E-state index contributed by atoms with van der Waals surface area (Å²) in [5.41, 5.74) is 1.96. The molecule has 174 valence electrons. The molecule has 0 saturated heterocycles. The van der Waals surface area contributed by atoms with Crippen LogP contribution in [0.1, 0.15) is 30.6 Å². The van der Waals surface area contributed by atoms with E-state index in [2.05, 4.69) is 5.32 Å². The van der Waals surface area contributed by atoms with Gasteiger partial charge in [-0.1, -0.05) is 68.1 Å². The minimum Gasteiger partial charge on any atom is -0.454 e. The third kappa shape index (κ3) is 5.31. The lowest BCUT2D eigenvalue weighted by Crippen LogP contribution is -2.44. The van der Waals surface area contributed by atoms with Crippen LogP contribution in [-0.2, 0) is 14.3 Å². The molecule has 34 heavy (non-hydrogen) atoms. The first-order valence-corrected chi connectivity index (χ1v) is 12.0. The molecule has 6 nitrogen and oxygen atoms in total. The van der Waals surface area contributed by atoms with Gasteiger partial charge in [0.2, 0.25) is 0 Å². The Balaban J connectivity index is 1.48. The zero-order valence-corrected chi connectivity index (χ0v) is 19.9. The van der Waals surface area contributed by atoms with Gasteiger partial charge in [0.15, 0.2) is 6.61 Å². The smallest absolute Gasteiger partial charge is 0.329 e. The third-order valence-electron chi connectivity index (χ3n) is 5.35. The minimum atomic E-state index is -0.850. The maximum atomic E-state index is 13.3. The van der Waals surface area contributed by atoms with Gasteiger partial charge in [0.05, 0.1) is 11.4 Å². The fourth-order valence-electron chi connectivity index (χ4n) is 3.79. The number of anilines is 2. The van der Waals surface area contributed by atoms with Crippen molar-refractivity contribution in [2.75, 3.05) is 11.5 Å². The number of ether oxygens (including phenoxy) is 1. The summed E-state index contributed by atoms with van der Waals surface area (Å²) in [6.07, 6.45) is 0.400. The van der Waals surface area contributed by atoms with E-state index >= 15 is 0 Å². The fourth-order valence-corrected chi connectivity index (χ4v) is 4.85. The van der Waals surface area contributed by atoms with Gasteiger partial charge in [-0.2, -0.15) is 0 Å². The molecule has 1 atom stereocenters. The number of esters is 1. The van der Waals surface area contributed by atoms with Crippen LogP contribution < -0.4 is 10.2 Å². The van der Waals surface area contributed by atoms with Crippen molar-refractivity contribution in [3.63, 3.8) is 0 Å². The Morgan fingerprint density at radius 1 is 0.853 bits per heavy atom. The summed E-state index contributed by atoms with van der Waals surface area (Å²) < 4.78 is 5.44. The largest absolute Gasteiger partial charge is 0.454 e. The number of benzene rings is 3. The molecular formula is C27H26N2O4S. The quantitative estimate of drug-likeness (QED) is 0.476. The molecule has 1 aliphatic heterocycles. The van der Waals surface area contributed by atoms with Crippen molar-refractivity contribution in [3.05, 3.63) is 84.4 Å². The van der Waals surface area contributed by atoms with Crippen LogP contribution in [0.5, 0.6) is 0 Å². The molecule has 1 heterocycles. The maximum absolute atomic E-state index is 13.3. The van der Waals surface area contributed by atoms with E-state index in [9.17, 15) is 14.4 Å². The average molecular weight is 475 g/mol. The zero-order valence-electron chi connectivity index (χ0n) is 19.1. The highest BCUT2D eigenvalue weighted by molar-refractivity contribution is 7.99. The lowest BCUT2D eigenvalue weighted by molar-refractivity contribution is -0.150. The summed E-state index contributed by atoms with van der Waals surface area (Å²) >= 11 is 1.60. The van der Waals surface area contributed by atoms with E-state index in [0.717, 1.165) is 21.2 Å². The lowest BCUT2D eigenvalue weighted by atomic mass is 10.0. The van der Waals surface area contributed by atoms with Crippen LogP contribution in [0.15, 0.2) is 88.7 Å². The van der Waals surface area contributed by atoms with E-state index < -0.39 is 18.6 Å². The van der Waals surface area contributed by atoms with Gasteiger partial charge in [0.25, 0.3) is 11.8 Å². The van der Waals surface area contributed by atoms with Gasteiger partial charge in [0.1, 0.15) is 6.04 Å². The number of rotatable bonds is 7. The Bertz CT molecular complexity index is 1150. The van der Waals surface area contributed by atoms with Crippen molar-refractivity contribution < 1.29 is 19.1 Å². The summed E-state index contributed by atoms with van der Waals surface area (Å²) in [4.78, 5) is 42.3. The first-order chi connectivity index (χ1) is 16.4. The Hall–Kier alpha value is -3.58. The topological polar surface area (TPSA) is 75.7 Å². The zero-order chi connectivity index (χ0) is 24.1. The summed E-state index contributed by atoms with van der Waals surface area (Å²) in [6, 6.07) is 23.1. The molecule has 7 heteroatoms. The highest BCUT2D eigenvalue weighted by Gasteiger charge is 2.30. The van der Waals surface area contributed by atoms with E-state index in [0.29, 0.717) is 12.0 Å². The molecule has 0 fully saturated rings. The van der Waals surface area contributed by atoms with Crippen LogP contribution in [0.2, 0.25) is 0 Å². The molecule has 0 aromatic heterocycles. The van der Waals surface area contributed by atoms with E-state index in [4.69, 9.17) is 4.74 Å². The Morgan fingerprint density at radius 3 is 2.00 bits per heavy atom. The summed E-state index contributed by atoms with van der Waals surface area (Å²) in [5, 5.41) is 2.76. The van der Waals surface area contributed by atoms with Crippen molar-refractivity contribution in [1.29, 1.82) is 0 Å². The Morgan fingerprint density at radius 2 is 1.41 bits per heavy atom. The predicted molar refractivity (Wildman–Crippen MR) is 132 cm³/mol. The normalized spacial score (nSPS) is 13.0. The summed E-state index contributed by atoms with van der Waals surface area (Å²) in [6.45, 7) is 3.49. The SMILES string of the molecule is CC(C)CC(NC(=O)c1ccccc1)C(=O)OCC(=O)N1c2ccccc2Sc2ccccc21. The minimum absolute atomic E-state index is 0.141. The highest BCUT2D eigenvalue weighted by atomic mass is 32.2. The highest BCUT2D eigenvalue weighted by Crippen LogP contribution is 2.47. The van der Waals surface area contributed by atoms with E-state index in [1.807, 2.05) is 68.4 Å². The molecule has 4 rings (SSSR count). The van der Waals surface area contributed by atoms with Crippen LogP contribution in [0, 0.1) is 5.92 Å². The van der Waals surface area contributed by atoms with Gasteiger partial charge < -0.3 is 10.1 Å². The van der Waals surface area contributed by atoms with Crippen LogP contribution in [0.3, 0.4) is 0 Å². The lowest BCUT2D eigenvalue weighted by Gasteiger charge is -2.31. The van der Waals surface area contributed by atoms with Crippen molar-refractivity contribution in [3.8, 4) is 0 Å². The average Bonchev–Trinajstić information content (AvgIpc) is 2.85. The number of hydrogen-bond acceptors (Lipinski definition) is 5. The Kier molecular flexibility index (Phi) is 7.33. The molecule has 3 aromatic carbocycles. The second-order valence-corrected chi connectivity index (χ2v) is 9.48. The van der Waals surface area contributed by atoms with Gasteiger partial charge in [0, 0.05) is 15.4 Å². The second-order valence-electron chi connectivity index (χ2n) is 8.40. The van der Waals surface area contributed by atoms with Crippen LogP contribution in [0.25, 0.3) is 0 Å². The van der Waals surface area contributed by atoms with Crippen LogP contribution in [0.4, 0.5) is 11.4 Å². The van der Waals surface area contributed by atoms with Crippen molar-refractivity contribution in [2.45, 2.75) is 36.1 Å². The van der Waals surface area contributed by atoms with Crippen molar-refractivity contribution >= 4 is 40.9 Å². The molecule has 1 aliphatic rings. The van der Waals surface area contributed by atoms with Gasteiger partial charge in [-0.25, -0.2) is 4.79 Å². The molecular weight excluding hydrogens is 448 g/mol. The number of nitrogens with one attached hydrogen (secondary N) is 1. The molecule has 1 N–H and O–H groups in total. The number of nitrogens with zero attached hydrogens (tertiary/aromatic N) is 1. The van der Waals surface area contributed by atoms with E-state index in [1.165, 1.54) is 0 Å². The number of fused-ring (bicyclic) bond motifs is 2. The molecule has 0 saturated carbocycles. The van der Waals surface area contributed by atoms with E-state index in [-0.39, 0.29) is 17.7 Å². The van der Waals surface area contributed by atoms with Gasteiger partial charge in [-0.15, -0.1) is 0 Å². The van der Waals surface area contributed by atoms with Crippen molar-refractivity contribution in [1.82, 2.24) is 5.32 Å². The molecule has 0 bridgehead atoms. The number of para-hydroxylation sites is 2. The van der Waals surface area contributed by atoms with Gasteiger partial charge in [-0.3, -0.25) is 14.5 Å². The number of amides is 2. The van der Waals surface area contributed by atoms with Crippen LogP contribution >= 0.6 is 11.8 Å².